The molecule has 0 aliphatic carbocycles. The highest BCUT2D eigenvalue weighted by Crippen LogP contribution is 2.24. The van der Waals surface area contributed by atoms with Crippen molar-refractivity contribution in [3.8, 4) is 11.1 Å². The third-order valence-electron chi connectivity index (χ3n) is 2.63. The van der Waals surface area contributed by atoms with Gasteiger partial charge in [-0.15, -0.1) is 0 Å². The van der Waals surface area contributed by atoms with Crippen molar-refractivity contribution in [3.05, 3.63) is 59.7 Å². The average molecular weight is 248 g/mol. The van der Waals surface area contributed by atoms with Crippen molar-refractivity contribution in [1.82, 2.24) is 0 Å². The quantitative estimate of drug-likeness (QED) is 0.891. The highest BCUT2D eigenvalue weighted by atomic mass is 19.3. The van der Waals surface area contributed by atoms with Gasteiger partial charge < -0.3 is 5.11 Å². The van der Waals surface area contributed by atoms with E-state index < -0.39 is 12.4 Å². The van der Waals surface area contributed by atoms with Gasteiger partial charge in [0.2, 0.25) is 0 Å². The normalized spacial score (nSPS) is 10.6. The van der Waals surface area contributed by atoms with Crippen LogP contribution in [0.3, 0.4) is 0 Å². The second-order valence-electron chi connectivity index (χ2n) is 3.81. The van der Waals surface area contributed by atoms with E-state index in [2.05, 4.69) is 0 Å². The number of hydrogen-bond acceptors (Lipinski definition) is 1. The first-order valence-corrected chi connectivity index (χ1v) is 5.30. The summed E-state index contributed by atoms with van der Waals surface area (Å²) in [5.74, 6) is -0.991. The van der Waals surface area contributed by atoms with Crippen LogP contribution < -0.4 is 0 Å². The van der Waals surface area contributed by atoms with Crippen molar-refractivity contribution in [2.45, 2.75) is 6.43 Å². The van der Waals surface area contributed by atoms with Gasteiger partial charge in [0.1, 0.15) is 0 Å². The van der Waals surface area contributed by atoms with Gasteiger partial charge in [0.15, 0.2) is 0 Å². The Kier molecular flexibility index (Phi) is 3.37. The first kappa shape index (κ1) is 12.2. The van der Waals surface area contributed by atoms with Gasteiger partial charge in [-0.1, -0.05) is 36.4 Å². The molecule has 0 aliphatic heterocycles. The van der Waals surface area contributed by atoms with Gasteiger partial charge in [-0.2, -0.15) is 0 Å². The molecule has 2 nitrogen and oxygen atoms in total. The number of carboxylic acids is 1. The molecule has 0 unspecified atom stereocenters. The van der Waals surface area contributed by atoms with Gasteiger partial charge in [-0.25, -0.2) is 13.6 Å². The maximum atomic E-state index is 12.4. The van der Waals surface area contributed by atoms with Gasteiger partial charge in [0.25, 0.3) is 6.43 Å². The van der Waals surface area contributed by atoms with Crippen LogP contribution in [0.15, 0.2) is 48.5 Å². The van der Waals surface area contributed by atoms with Crippen molar-refractivity contribution in [1.29, 1.82) is 0 Å². The minimum Gasteiger partial charge on any atom is -0.478 e. The van der Waals surface area contributed by atoms with Crippen LogP contribution in [0, 0.1) is 0 Å². The molecule has 0 amide bonds. The summed E-state index contributed by atoms with van der Waals surface area (Å²) in [7, 11) is 0. The number of carboxylic acid groups (broad SMARTS) is 1. The summed E-state index contributed by atoms with van der Waals surface area (Å²) in [6.07, 6.45) is -2.48. The lowest BCUT2D eigenvalue weighted by Crippen LogP contribution is -1.94. The Morgan fingerprint density at radius 2 is 1.33 bits per heavy atom. The maximum absolute atomic E-state index is 12.4. The van der Waals surface area contributed by atoms with E-state index in [1.165, 1.54) is 24.3 Å². The number of aromatic carboxylic acids is 1. The molecule has 0 aliphatic rings. The molecule has 0 heterocycles. The highest BCUT2D eigenvalue weighted by Gasteiger charge is 2.07. The Morgan fingerprint density at radius 3 is 1.72 bits per heavy atom. The second kappa shape index (κ2) is 4.96. The Balaban J connectivity index is 2.28. The van der Waals surface area contributed by atoms with Gasteiger partial charge >= 0.3 is 5.97 Å². The average Bonchev–Trinajstić information content (AvgIpc) is 2.39. The van der Waals surface area contributed by atoms with E-state index in [4.69, 9.17) is 5.11 Å². The van der Waals surface area contributed by atoms with Crippen molar-refractivity contribution < 1.29 is 18.7 Å². The summed E-state index contributed by atoms with van der Waals surface area (Å²) in [6, 6.07) is 12.2. The van der Waals surface area contributed by atoms with Gasteiger partial charge in [0.05, 0.1) is 5.56 Å². The van der Waals surface area contributed by atoms with E-state index >= 15 is 0 Å². The number of alkyl halides is 2. The third-order valence-corrected chi connectivity index (χ3v) is 2.63. The molecular formula is C14H10F2O2. The van der Waals surface area contributed by atoms with E-state index in [0.717, 1.165) is 11.1 Å². The van der Waals surface area contributed by atoms with Crippen molar-refractivity contribution in [3.63, 3.8) is 0 Å². The van der Waals surface area contributed by atoms with Crippen LogP contribution in [0.5, 0.6) is 0 Å². The Hall–Kier alpha value is -2.23. The number of rotatable bonds is 3. The van der Waals surface area contributed by atoms with E-state index in [-0.39, 0.29) is 11.1 Å². The fraction of sp³-hybridized carbons (Fsp3) is 0.0714. The molecule has 0 fully saturated rings. The minimum atomic E-state index is -2.48. The molecule has 0 saturated heterocycles. The predicted molar refractivity (Wildman–Crippen MR) is 63.8 cm³/mol. The SMILES string of the molecule is O=C(O)c1ccc(-c2ccc(C(F)F)cc2)cc1. The zero-order chi connectivity index (χ0) is 13.1. The second-order valence-corrected chi connectivity index (χ2v) is 3.81. The molecular weight excluding hydrogens is 238 g/mol. The molecule has 18 heavy (non-hydrogen) atoms. The molecule has 4 heteroatoms. The van der Waals surface area contributed by atoms with E-state index in [1.807, 2.05) is 0 Å². The summed E-state index contributed by atoms with van der Waals surface area (Å²) >= 11 is 0. The van der Waals surface area contributed by atoms with Crippen LogP contribution in [-0.2, 0) is 0 Å². The van der Waals surface area contributed by atoms with Crippen LogP contribution in [0.25, 0.3) is 11.1 Å². The number of benzene rings is 2. The molecule has 2 rings (SSSR count). The molecule has 1 N–H and O–H groups in total. The predicted octanol–water partition coefficient (Wildman–Crippen LogP) is 3.99. The summed E-state index contributed by atoms with van der Waals surface area (Å²) in [5, 5.41) is 8.76. The standard InChI is InChI=1S/C14H10F2O2/c15-13(16)11-5-1-9(2-6-11)10-3-7-12(8-4-10)14(17)18/h1-8,13H,(H,17,18). The van der Waals surface area contributed by atoms with Crippen LogP contribution >= 0.6 is 0 Å². The van der Waals surface area contributed by atoms with E-state index in [9.17, 15) is 13.6 Å². The number of carbonyl (C=O) groups is 1. The summed E-state index contributed by atoms with van der Waals surface area (Å²) in [5.41, 5.74) is 1.74. The monoisotopic (exact) mass is 248 g/mol. The summed E-state index contributed by atoms with van der Waals surface area (Å²) in [4.78, 5) is 10.7. The lowest BCUT2D eigenvalue weighted by atomic mass is 10.0. The van der Waals surface area contributed by atoms with Crippen molar-refractivity contribution in [2.75, 3.05) is 0 Å². The summed E-state index contributed by atoms with van der Waals surface area (Å²) < 4.78 is 24.8. The van der Waals surface area contributed by atoms with Crippen molar-refractivity contribution >= 4 is 5.97 Å². The molecule has 0 atom stereocenters. The smallest absolute Gasteiger partial charge is 0.335 e. The van der Waals surface area contributed by atoms with Crippen LogP contribution in [0.1, 0.15) is 22.3 Å². The number of halogens is 2. The molecule has 2 aromatic rings. The highest BCUT2D eigenvalue weighted by molar-refractivity contribution is 5.88. The molecule has 0 spiro atoms. The van der Waals surface area contributed by atoms with Gasteiger partial charge in [0, 0.05) is 5.56 Å². The topological polar surface area (TPSA) is 37.3 Å². The number of hydrogen-bond donors (Lipinski definition) is 1. The maximum Gasteiger partial charge on any atom is 0.335 e. The van der Waals surface area contributed by atoms with Gasteiger partial charge in [-0.3, -0.25) is 0 Å². The Labute approximate surface area is 103 Å². The van der Waals surface area contributed by atoms with Crippen molar-refractivity contribution in [2.24, 2.45) is 0 Å². The fourth-order valence-electron chi connectivity index (χ4n) is 1.63. The largest absolute Gasteiger partial charge is 0.478 e. The Morgan fingerprint density at radius 1 is 0.889 bits per heavy atom. The van der Waals surface area contributed by atoms with E-state index in [1.54, 1.807) is 24.3 Å². The van der Waals surface area contributed by atoms with E-state index in [0.29, 0.717) is 0 Å². The molecule has 0 saturated carbocycles. The van der Waals surface area contributed by atoms with Gasteiger partial charge in [-0.05, 0) is 23.3 Å². The molecule has 0 radical (unpaired) electrons. The molecule has 0 aromatic heterocycles. The first-order chi connectivity index (χ1) is 8.58. The third kappa shape index (κ3) is 2.53. The lowest BCUT2D eigenvalue weighted by molar-refractivity contribution is 0.0697. The fourth-order valence-corrected chi connectivity index (χ4v) is 1.63. The molecule has 92 valence electrons. The molecule has 0 bridgehead atoms. The Bertz CT molecular complexity index is 545. The molecule has 2 aromatic carbocycles. The minimum absolute atomic E-state index is 0.0269. The van der Waals surface area contributed by atoms with Crippen LogP contribution in [-0.4, -0.2) is 11.1 Å². The zero-order valence-electron chi connectivity index (χ0n) is 9.31. The zero-order valence-corrected chi connectivity index (χ0v) is 9.31. The van der Waals surface area contributed by atoms with Crippen LogP contribution in [0.2, 0.25) is 0 Å². The van der Waals surface area contributed by atoms with Crippen LogP contribution in [0.4, 0.5) is 8.78 Å². The lowest BCUT2D eigenvalue weighted by Gasteiger charge is -2.04. The first-order valence-electron chi connectivity index (χ1n) is 5.30. The summed E-state index contributed by atoms with van der Waals surface area (Å²) in [6.45, 7) is 0.